The van der Waals surface area contributed by atoms with Gasteiger partial charge in [-0.15, -0.1) is 0 Å². The van der Waals surface area contributed by atoms with Gasteiger partial charge in [0.05, 0.1) is 13.0 Å². The maximum Gasteiger partial charge on any atom is 0.309 e. The SMILES string of the molecule is COC(=O)C1CCC(=O)CC1C(C)=O. The second kappa shape index (κ2) is 4.35. The Hall–Kier alpha value is -1.19. The third-order valence-electron chi connectivity index (χ3n) is 2.69. The number of rotatable bonds is 2. The molecule has 0 saturated heterocycles. The summed E-state index contributed by atoms with van der Waals surface area (Å²) in [6, 6.07) is 0. The van der Waals surface area contributed by atoms with Gasteiger partial charge in [-0.3, -0.25) is 14.4 Å². The average Bonchev–Trinajstić information content (AvgIpc) is 2.16. The number of carbonyl (C=O) groups excluding carboxylic acids is 3. The van der Waals surface area contributed by atoms with E-state index in [0.717, 1.165) is 0 Å². The van der Waals surface area contributed by atoms with Crippen molar-refractivity contribution in [2.45, 2.75) is 26.2 Å². The number of carbonyl (C=O) groups is 3. The van der Waals surface area contributed by atoms with Gasteiger partial charge in [-0.05, 0) is 13.3 Å². The van der Waals surface area contributed by atoms with Crippen LogP contribution in [0.25, 0.3) is 0 Å². The molecule has 4 heteroatoms. The Balaban J connectivity index is 2.77. The molecule has 1 aliphatic carbocycles. The van der Waals surface area contributed by atoms with Gasteiger partial charge in [-0.25, -0.2) is 0 Å². The summed E-state index contributed by atoms with van der Waals surface area (Å²) in [4.78, 5) is 33.6. The molecule has 0 spiro atoms. The number of methoxy groups -OCH3 is 1. The monoisotopic (exact) mass is 198 g/mol. The van der Waals surface area contributed by atoms with E-state index in [9.17, 15) is 14.4 Å². The Morgan fingerprint density at radius 2 is 2.00 bits per heavy atom. The first kappa shape index (κ1) is 10.9. The lowest BCUT2D eigenvalue weighted by atomic mass is 9.77. The van der Waals surface area contributed by atoms with Crippen molar-refractivity contribution in [3.8, 4) is 0 Å². The molecule has 0 N–H and O–H groups in total. The molecule has 0 heterocycles. The summed E-state index contributed by atoms with van der Waals surface area (Å²) in [7, 11) is 1.30. The van der Waals surface area contributed by atoms with Gasteiger partial charge in [0.2, 0.25) is 0 Å². The van der Waals surface area contributed by atoms with Crippen molar-refractivity contribution in [2.24, 2.45) is 11.8 Å². The maximum absolute atomic E-state index is 11.3. The highest BCUT2D eigenvalue weighted by molar-refractivity contribution is 5.92. The van der Waals surface area contributed by atoms with Crippen LogP contribution in [0.1, 0.15) is 26.2 Å². The molecule has 1 rings (SSSR count). The Kier molecular flexibility index (Phi) is 3.38. The van der Waals surface area contributed by atoms with Gasteiger partial charge >= 0.3 is 5.97 Å². The first-order valence-corrected chi connectivity index (χ1v) is 4.66. The highest BCUT2D eigenvalue weighted by Gasteiger charge is 2.37. The van der Waals surface area contributed by atoms with Gasteiger partial charge in [0.15, 0.2) is 0 Å². The van der Waals surface area contributed by atoms with Gasteiger partial charge in [-0.1, -0.05) is 0 Å². The van der Waals surface area contributed by atoms with E-state index in [0.29, 0.717) is 12.8 Å². The van der Waals surface area contributed by atoms with Crippen molar-refractivity contribution >= 4 is 17.5 Å². The van der Waals surface area contributed by atoms with Crippen LogP contribution in [-0.2, 0) is 19.1 Å². The first-order chi connectivity index (χ1) is 6.56. The smallest absolute Gasteiger partial charge is 0.309 e. The third kappa shape index (κ3) is 2.19. The number of ether oxygens (including phenoxy) is 1. The molecule has 2 unspecified atom stereocenters. The minimum atomic E-state index is -0.469. The van der Waals surface area contributed by atoms with Crippen LogP contribution in [0, 0.1) is 11.8 Å². The fourth-order valence-electron chi connectivity index (χ4n) is 1.87. The molecule has 0 aliphatic heterocycles. The van der Waals surface area contributed by atoms with Crippen LogP contribution in [0.5, 0.6) is 0 Å². The lowest BCUT2D eigenvalue weighted by Gasteiger charge is -2.26. The first-order valence-electron chi connectivity index (χ1n) is 4.66. The predicted molar refractivity (Wildman–Crippen MR) is 48.5 cm³/mol. The van der Waals surface area contributed by atoms with E-state index in [-0.39, 0.29) is 24.0 Å². The summed E-state index contributed by atoms with van der Waals surface area (Å²) < 4.78 is 4.60. The van der Waals surface area contributed by atoms with Gasteiger partial charge in [0.25, 0.3) is 0 Å². The minimum Gasteiger partial charge on any atom is -0.469 e. The molecular weight excluding hydrogens is 184 g/mol. The van der Waals surface area contributed by atoms with Crippen LogP contribution < -0.4 is 0 Å². The van der Waals surface area contributed by atoms with E-state index in [1.165, 1.54) is 14.0 Å². The van der Waals surface area contributed by atoms with E-state index in [4.69, 9.17) is 0 Å². The van der Waals surface area contributed by atoms with Crippen LogP contribution in [0.3, 0.4) is 0 Å². The zero-order valence-electron chi connectivity index (χ0n) is 8.41. The molecule has 1 fully saturated rings. The Morgan fingerprint density at radius 1 is 1.36 bits per heavy atom. The average molecular weight is 198 g/mol. The summed E-state index contributed by atoms with van der Waals surface area (Å²) in [5.41, 5.74) is 0. The van der Waals surface area contributed by atoms with Crippen LogP contribution in [-0.4, -0.2) is 24.6 Å². The van der Waals surface area contributed by atoms with E-state index in [1.54, 1.807) is 0 Å². The topological polar surface area (TPSA) is 60.4 Å². The van der Waals surface area contributed by atoms with E-state index in [1.807, 2.05) is 0 Å². The van der Waals surface area contributed by atoms with Crippen molar-refractivity contribution in [3.05, 3.63) is 0 Å². The molecule has 2 atom stereocenters. The van der Waals surface area contributed by atoms with Crippen molar-refractivity contribution in [3.63, 3.8) is 0 Å². The minimum absolute atomic E-state index is 0.0605. The van der Waals surface area contributed by atoms with E-state index < -0.39 is 11.8 Å². The second-order valence-electron chi connectivity index (χ2n) is 3.63. The maximum atomic E-state index is 11.3. The fourth-order valence-corrected chi connectivity index (χ4v) is 1.87. The third-order valence-corrected chi connectivity index (χ3v) is 2.69. The molecule has 0 radical (unpaired) electrons. The van der Waals surface area contributed by atoms with Crippen molar-refractivity contribution < 1.29 is 19.1 Å². The number of esters is 1. The van der Waals surface area contributed by atoms with Crippen molar-refractivity contribution in [2.75, 3.05) is 7.11 Å². The van der Waals surface area contributed by atoms with Gasteiger partial charge in [0, 0.05) is 18.8 Å². The number of hydrogen-bond donors (Lipinski definition) is 0. The molecule has 78 valence electrons. The van der Waals surface area contributed by atoms with E-state index >= 15 is 0 Å². The van der Waals surface area contributed by atoms with Crippen LogP contribution >= 0.6 is 0 Å². The molecule has 0 aromatic carbocycles. The van der Waals surface area contributed by atoms with Crippen LogP contribution in [0.4, 0.5) is 0 Å². The van der Waals surface area contributed by atoms with E-state index in [2.05, 4.69) is 4.74 Å². The van der Waals surface area contributed by atoms with Crippen LogP contribution in [0.2, 0.25) is 0 Å². The predicted octanol–water partition coefficient (Wildman–Crippen LogP) is 0.734. The number of Topliss-reactive ketones (excluding diaryl/α,β-unsaturated/α-hetero) is 2. The zero-order chi connectivity index (χ0) is 10.7. The Labute approximate surface area is 82.6 Å². The highest BCUT2D eigenvalue weighted by atomic mass is 16.5. The Morgan fingerprint density at radius 3 is 2.50 bits per heavy atom. The van der Waals surface area contributed by atoms with Crippen LogP contribution in [0.15, 0.2) is 0 Å². The molecule has 1 aliphatic rings. The largest absolute Gasteiger partial charge is 0.469 e. The number of hydrogen-bond acceptors (Lipinski definition) is 4. The molecule has 1 saturated carbocycles. The summed E-state index contributed by atoms with van der Waals surface area (Å²) in [5, 5.41) is 0. The summed E-state index contributed by atoms with van der Waals surface area (Å²) in [6.07, 6.45) is 1.01. The Bertz CT molecular complexity index is 269. The number of ketones is 2. The molecule has 0 aromatic heterocycles. The lowest BCUT2D eigenvalue weighted by molar-refractivity contribution is -0.152. The summed E-state index contributed by atoms with van der Waals surface area (Å²) in [6.45, 7) is 1.42. The summed E-state index contributed by atoms with van der Waals surface area (Å²) >= 11 is 0. The lowest BCUT2D eigenvalue weighted by Crippen LogP contribution is -2.35. The zero-order valence-corrected chi connectivity index (χ0v) is 8.41. The quantitative estimate of drug-likeness (QED) is 0.614. The van der Waals surface area contributed by atoms with Crippen molar-refractivity contribution in [1.82, 2.24) is 0 Å². The normalized spacial score (nSPS) is 27.1. The molecular formula is C10H14O4. The highest BCUT2D eigenvalue weighted by Crippen LogP contribution is 2.29. The van der Waals surface area contributed by atoms with Gasteiger partial charge in [-0.2, -0.15) is 0 Å². The molecule has 4 nitrogen and oxygen atoms in total. The van der Waals surface area contributed by atoms with Crippen molar-refractivity contribution in [1.29, 1.82) is 0 Å². The molecule has 14 heavy (non-hydrogen) atoms. The fraction of sp³-hybridized carbons (Fsp3) is 0.700. The van der Waals surface area contributed by atoms with Gasteiger partial charge in [0.1, 0.15) is 11.6 Å². The summed E-state index contributed by atoms with van der Waals surface area (Å²) in [5.74, 6) is -1.31. The standard InChI is InChI=1S/C10H14O4/c1-6(11)9-5-7(12)3-4-8(9)10(13)14-2/h8-9H,3-5H2,1-2H3. The van der Waals surface area contributed by atoms with Gasteiger partial charge < -0.3 is 4.74 Å². The second-order valence-corrected chi connectivity index (χ2v) is 3.63. The molecule has 0 amide bonds. The molecule has 0 aromatic rings. The molecule has 0 bridgehead atoms.